The molecule has 6 rings (SSSR count). The number of carboxylic acids is 1. The first-order valence-electron chi connectivity index (χ1n) is 11.1. The minimum Gasteiger partial charge on any atom is -0.480 e. The molecule has 1 atom stereocenters. The Labute approximate surface area is 184 Å². The molecule has 1 N–H and O–H groups in total. The lowest BCUT2D eigenvalue weighted by atomic mass is 9.99. The van der Waals surface area contributed by atoms with Gasteiger partial charge in [0.15, 0.2) is 5.65 Å². The van der Waals surface area contributed by atoms with Gasteiger partial charge in [0.25, 0.3) is 0 Å². The number of aliphatic carboxylic acids is 1. The van der Waals surface area contributed by atoms with Crippen molar-refractivity contribution >= 4 is 27.9 Å². The average molecular weight is 428 g/mol. The van der Waals surface area contributed by atoms with E-state index < -0.39 is 5.97 Å². The lowest BCUT2D eigenvalue weighted by Crippen LogP contribution is -2.40. The molecule has 2 aliphatic rings. The summed E-state index contributed by atoms with van der Waals surface area (Å²) in [6.07, 6.45) is 4.34. The van der Waals surface area contributed by atoms with Crippen molar-refractivity contribution in [2.45, 2.75) is 37.9 Å². The van der Waals surface area contributed by atoms with Crippen LogP contribution in [0.1, 0.15) is 36.1 Å². The second kappa shape index (κ2) is 7.31. The third kappa shape index (κ3) is 2.88. The number of hydrogen-bond acceptors (Lipinski definition) is 4. The molecule has 4 aromatic rings. The monoisotopic (exact) mass is 428 g/mol. The number of hydrogen-bond donors (Lipinski definition) is 1. The first-order chi connectivity index (χ1) is 15.6. The average Bonchev–Trinajstić information content (AvgIpc) is 3.31. The summed E-state index contributed by atoms with van der Waals surface area (Å²) in [5.74, 6) is -1.04. The molecule has 1 aliphatic carbocycles. The molecule has 7 heteroatoms. The number of carboxylic acid groups (broad SMARTS) is 1. The molecule has 3 heterocycles. The summed E-state index contributed by atoms with van der Waals surface area (Å²) in [5, 5.41) is 12.0. The number of aromatic nitrogens is 3. The first-order valence-corrected chi connectivity index (χ1v) is 11.1. The highest BCUT2D eigenvalue weighted by Gasteiger charge is 2.33. The number of carbonyl (C=O) groups is 1. The number of likely N-dealkylation sites (tertiary alicyclic amines) is 1. The van der Waals surface area contributed by atoms with Gasteiger partial charge in [-0.3, -0.25) is 18.8 Å². The Morgan fingerprint density at radius 1 is 1.06 bits per heavy atom. The van der Waals surface area contributed by atoms with E-state index in [0.717, 1.165) is 37.9 Å². The van der Waals surface area contributed by atoms with Gasteiger partial charge in [0, 0.05) is 31.4 Å². The Balaban J connectivity index is 1.28. The topological polar surface area (TPSA) is 80.4 Å². The number of rotatable bonds is 4. The molecule has 0 radical (unpaired) electrons. The molecule has 1 aliphatic heterocycles. The van der Waals surface area contributed by atoms with Crippen molar-refractivity contribution in [3.05, 3.63) is 76.3 Å². The Bertz CT molecular complexity index is 1410. The Morgan fingerprint density at radius 2 is 1.84 bits per heavy atom. The summed E-state index contributed by atoms with van der Waals surface area (Å²) in [6, 6.07) is 17.2. The van der Waals surface area contributed by atoms with Crippen molar-refractivity contribution < 1.29 is 9.90 Å². The molecule has 0 saturated carbocycles. The lowest BCUT2D eigenvalue weighted by Gasteiger charge is -2.36. The van der Waals surface area contributed by atoms with Gasteiger partial charge in [-0.15, -0.1) is 0 Å². The SMILES string of the molecule is O=C(O)Cn1c(=O)n(C2CCN([C@@H]3Cc4cccc5cccc3c45)CC2)c2cccnc21. The van der Waals surface area contributed by atoms with Crippen molar-refractivity contribution in [3.8, 4) is 0 Å². The zero-order chi connectivity index (χ0) is 21.8. The molecule has 0 amide bonds. The number of pyridine rings is 1. The van der Waals surface area contributed by atoms with E-state index in [1.807, 2.05) is 6.07 Å². The van der Waals surface area contributed by atoms with E-state index in [1.165, 1.54) is 26.5 Å². The highest BCUT2D eigenvalue weighted by Crippen LogP contribution is 2.41. The minimum absolute atomic E-state index is 0.0417. The molecule has 0 unspecified atom stereocenters. The highest BCUT2D eigenvalue weighted by molar-refractivity contribution is 5.91. The molecule has 1 fully saturated rings. The van der Waals surface area contributed by atoms with Crippen LogP contribution >= 0.6 is 0 Å². The summed E-state index contributed by atoms with van der Waals surface area (Å²) >= 11 is 0. The summed E-state index contributed by atoms with van der Waals surface area (Å²) in [7, 11) is 0. The van der Waals surface area contributed by atoms with Gasteiger partial charge in [-0.1, -0.05) is 36.4 Å². The van der Waals surface area contributed by atoms with E-state index in [4.69, 9.17) is 0 Å². The van der Waals surface area contributed by atoms with Crippen LogP contribution in [-0.4, -0.2) is 43.2 Å². The largest absolute Gasteiger partial charge is 0.480 e. The number of fused-ring (bicyclic) bond motifs is 1. The second-order valence-corrected chi connectivity index (χ2v) is 8.83. The van der Waals surface area contributed by atoms with E-state index in [-0.39, 0.29) is 18.3 Å². The number of piperidine rings is 1. The Morgan fingerprint density at radius 3 is 2.62 bits per heavy atom. The number of benzene rings is 2. The number of imidazole rings is 1. The molecule has 2 aromatic carbocycles. The lowest BCUT2D eigenvalue weighted by molar-refractivity contribution is -0.137. The van der Waals surface area contributed by atoms with Crippen LogP contribution in [0.5, 0.6) is 0 Å². The van der Waals surface area contributed by atoms with Crippen LogP contribution in [-0.2, 0) is 17.8 Å². The normalized spacial score (nSPS) is 19.2. The maximum atomic E-state index is 13.1. The van der Waals surface area contributed by atoms with Crippen molar-refractivity contribution in [2.24, 2.45) is 0 Å². The molecule has 162 valence electrons. The third-order valence-corrected chi connectivity index (χ3v) is 7.11. The molecule has 1 saturated heterocycles. The van der Waals surface area contributed by atoms with Crippen LogP contribution < -0.4 is 5.69 Å². The van der Waals surface area contributed by atoms with Crippen LogP contribution in [0.25, 0.3) is 21.9 Å². The summed E-state index contributed by atoms with van der Waals surface area (Å²) < 4.78 is 3.05. The second-order valence-electron chi connectivity index (χ2n) is 8.83. The summed E-state index contributed by atoms with van der Waals surface area (Å²) in [4.78, 5) is 31.3. The van der Waals surface area contributed by atoms with Crippen molar-refractivity contribution in [2.75, 3.05) is 13.1 Å². The van der Waals surface area contributed by atoms with Crippen molar-refractivity contribution in [3.63, 3.8) is 0 Å². The smallest absolute Gasteiger partial charge is 0.331 e. The van der Waals surface area contributed by atoms with E-state index >= 15 is 0 Å². The number of nitrogens with zero attached hydrogens (tertiary/aromatic N) is 4. The minimum atomic E-state index is -1.04. The quantitative estimate of drug-likeness (QED) is 0.539. The van der Waals surface area contributed by atoms with E-state index in [2.05, 4.69) is 46.3 Å². The zero-order valence-corrected chi connectivity index (χ0v) is 17.6. The Kier molecular flexibility index (Phi) is 4.40. The fourth-order valence-electron chi connectivity index (χ4n) is 5.74. The highest BCUT2D eigenvalue weighted by atomic mass is 16.4. The van der Waals surface area contributed by atoms with Gasteiger partial charge in [0.2, 0.25) is 0 Å². The molecule has 0 bridgehead atoms. The van der Waals surface area contributed by atoms with E-state index in [1.54, 1.807) is 16.8 Å². The zero-order valence-electron chi connectivity index (χ0n) is 17.6. The van der Waals surface area contributed by atoms with Gasteiger partial charge >= 0.3 is 11.7 Å². The van der Waals surface area contributed by atoms with Gasteiger partial charge in [-0.2, -0.15) is 0 Å². The van der Waals surface area contributed by atoms with Crippen LogP contribution in [0.15, 0.2) is 59.5 Å². The molecule has 32 heavy (non-hydrogen) atoms. The summed E-state index contributed by atoms with van der Waals surface area (Å²) in [6.45, 7) is 1.43. The molecule has 7 nitrogen and oxygen atoms in total. The predicted octanol–water partition coefficient (Wildman–Crippen LogP) is 3.37. The van der Waals surface area contributed by atoms with E-state index in [0.29, 0.717) is 11.7 Å². The van der Waals surface area contributed by atoms with Gasteiger partial charge in [-0.05, 0) is 53.3 Å². The Hall–Kier alpha value is -3.45. The van der Waals surface area contributed by atoms with Gasteiger partial charge in [0.1, 0.15) is 6.54 Å². The maximum Gasteiger partial charge on any atom is 0.331 e. The standard InChI is InChI=1S/C25H24N4O3/c30-22(31)15-28-24-20(8-3-11-26-24)29(25(28)32)18-9-12-27(13-10-18)21-14-17-6-1-4-16-5-2-7-19(21)23(16)17/h1-8,11,18,21H,9-10,12-15H2,(H,30,31)/t21-/m1/s1. The van der Waals surface area contributed by atoms with Crippen LogP contribution in [0.2, 0.25) is 0 Å². The first kappa shape index (κ1) is 19.3. The fraction of sp³-hybridized carbons (Fsp3) is 0.320. The predicted molar refractivity (Wildman–Crippen MR) is 122 cm³/mol. The fourth-order valence-corrected chi connectivity index (χ4v) is 5.74. The van der Waals surface area contributed by atoms with E-state index in [9.17, 15) is 14.7 Å². The van der Waals surface area contributed by atoms with Gasteiger partial charge < -0.3 is 5.11 Å². The van der Waals surface area contributed by atoms with Crippen LogP contribution in [0.3, 0.4) is 0 Å². The van der Waals surface area contributed by atoms with Crippen molar-refractivity contribution in [1.82, 2.24) is 19.0 Å². The maximum absolute atomic E-state index is 13.1. The van der Waals surface area contributed by atoms with Crippen LogP contribution in [0, 0.1) is 0 Å². The van der Waals surface area contributed by atoms with Gasteiger partial charge in [-0.25, -0.2) is 9.78 Å². The van der Waals surface area contributed by atoms with Crippen LogP contribution in [0.4, 0.5) is 0 Å². The summed E-state index contributed by atoms with van der Waals surface area (Å²) in [5.41, 5.74) is 3.72. The molecular formula is C25H24N4O3. The van der Waals surface area contributed by atoms with Crippen molar-refractivity contribution in [1.29, 1.82) is 0 Å². The molecular weight excluding hydrogens is 404 g/mol. The third-order valence-electron chi connectivity index (χ3n) is 7.11. The van der Waals surface area contributed by atoms with Gasteiger partial charge in [0.05, 0.1) is 5.52 Å². The molecule has 2 aromatic heterocycles. The molecule has 0 spiro atoms.